The zero-order valence-corrected chi connectivity index (χ0v) is 15.8. The molecule has 10 heteroatoms. The Kier molecular flexibility index (Phi) is 4.46. The molecule has 0 aliphatic carbocycles. The van der Waals surface area contributed by atoms with Crippen molar-refractivity contribution in [1.29, 1.82) is 0 Å². The predicted molar refractivity (Wildman–Crippen MR) is 99.5 cm³/mol. The van der Waals surface area contributed by atoms with Crippen LogP contribution in [-0.2, 0) is 7.05 Å². The van der Waals surface area contributed by atoms with Crippen molar-refractivity contribution >= 4 is 17.3 Å². The smallest absolute Gasteiger partial charge is 0.407 e. The van der Waals surface area contributed by atoms with Crippen molar-refractivity contribution in [1.82, 2.24) is 29.4 Å². The molecule has 1 atom stereocenters. The molecule has 1 unspecified atom stereocenters. The van der Waals surface area contributed by atoms with Crippen molar-refractivity contribution < 1.29 is 19.4 Å². The number of hydrogen-bond acceptors (Lipinski definition) is 7. The number of imidazole rings is 1. The third-order valence-electron chi connectivity index (χ3n) is 4.80. The van der Waals surface area contributed by atoms with Gasteiger partial charge in [0.25, 0.3) is 0 Å². The minimum Gasteiger partial charge on any atom is -0.481 e. The van der Waals surface area contributed by atoms with E-state index >= 15 is 0 Å². The van der Waals surface area contributed by atoms with Gasteiger partial charge in [0.2, 0.25) is 11.8 Å². The number of carbonyl (C=O) groups is 1. The van der Waals surface area contributed by atoms with Crippen molar-refractivity contribution in [2.24, 2.45) is 7.05 Å². The van der Waals surface area contributed by atoms with Crippen molar-refractivity contribution in [3.05, 3.63) is 24.2 Å². The third-order valence-corrected chi connectivity index (χ3v) is 4.80. The molecule has 0 aromatic carbocycles. The number of methoxy groups -OCH3 is 1. The number of fused-ring (bicyclic) bond motifs is 1. The lowest BCUT2D eigenvalue weighted by molar-refractivity contribution is 0.145. The first-order chi connectivity index (χ1) is 13.5. The number of carboxylic acid groups (broad SMARTS) is 1. The van der Waals surface area contributed by atoms with Crippen LogP contribution >= 0.6 is 0 Å². The van der Waals surface area contributed by atoms with Crippen molar-refractivity contribution in [3.63, 3.8) is 0 Å². The SMILES string of the molecule is COc1ncc(-c2nc3c(OC4CCN(C(=O)O)C4)ncnc3n2C)cc1C. The maximum absolute atomic E-state index is 11.1. The van der Waals surface area contributed by atoms with Crippen LogP contribution in [0.25, 0.3) is 22.6 Å². The van der Waals surface area contributed by atoms with Crippen LogP contribution in [0.15, 0.2) is 18.6 Å². The highest BCUT2D eigenvalue weighted by atomic mass is 16.5. The highest BCUT2D eigenvalue weighted by molar-refractivity contribution is 5.81. The molecule has 1 N–H and O–H groups in total. The fraction of sp³-hybridized carbons (Fsp3) is 0.389. The fourth-order valence-electron chi connectivity index (χ4n) is 3.38. The Hall–Kier alpha value is -3.43. The van der Waals surface area contributed by atoms with Gasteiger partial charge in [0.1, 0.15) is 18.3 Å². The number of rotatable bonds is 4. The maximum atomic E-state index is 11.1. The summed E-state index contributed by atoms with van der Waals surface area (Å²) in [6.45, 7) is 2.67. The summed E-state index contributed by atoms with van der Waals surface area (Å²) >= 11 is 0. The van der Waals surface area contributed by atoms with E-state index in [0.29, 0.717) is 48.3 Å². The van der Waals surface area contributed by atoms with Gasteiger partial charge in [-0.2, -0.15) is 4.98 Å². The topological polar surface area (TPSA) is 115 Å². The van der Waals surface area contributed by atoms with Crippen LogP contribution in [0.4, 0.5) is 4.79 Å². The highest BCUT2D eigenvalue weighted by Gasteiger charge is 2.28. The van der Waals surface area contributed by atoms with Gasteiger partial charge in [-0.15, -0.1) is 0 Å². The minimum absolute atomic E-state index is 0.260. The van der Waals surface area contributed by atoms with E-state index in [0.717, 1.165) is 11.1 Å². The molecule has 0 spiro atoms. The number of hydrogen-bond donors (Lipinski definition) is 1. The normalized spacial score (nSPS) is 16.5. The van der Waals surface area contributed by atoms with E-state index in [9.17, 15) is 4.79 Å². The lowest BCUT2D eigenvalue weighted by Crippen LogP contribution is -2.29. The summed E-state index contributed by atoms with van der Waals surface area (Å²) in [6, 6.07) is 1.95. The number of ether oxygens (including phenoxy) is 2. The average molecular weight is 384 g/mol. The first-order valence-electron chi connectivity index (χ1n) is 8.81. The molecule has 1 aliphatic rings. The number of likely N-dealkylation sites (tertiary alicyclic amines) is 1. The number of nitrogens with zero attached hydrogens (tertiary/aromatic N) is 6. The zero-order valence-electron chi connectivity index (χ0n) is 15.8. The van der Waals surface area contributed by atoms with Crippen molar-refractivity contribution in [2.75, 3.05) is 20.2 Å². The van der Waals surface area contributed by atoms with Crippen LogP contribution in [0.5, 0.6) is 11.8 Å². The average Bonchev–Trinajstić information content (AvgIpc) is 3.28. The quantitative estimate of drug-likeness (QED) is 0.725. The lowest BCUT2D eigenvalue weighted by atomic mass is 10.2. The minimum atomic E-state index is -0.943. The molecule has 3 aromatic heterocycles. The molecule has 1 saturated heterocycles. The number of aromatic nitrogens is 5. The summed E-state index contributed by atoms with van der Waals surface area (Å²) in [5, 5.41) is 9.11. The fourth-order valence-corrected chi connectivity index (χ4v) is 3.38. The first-order valence-corrected chi connectivity index (χ1v) is 8.81. The van der Waals surface area contributed by atoms with Crippen LogP contribution in [-0.4, -0.2) is 66.9 Å². The molecule has 3 aromatic rings. The second-order valence-electron chi connectivity index (χ2n) is 6.65. The van der Waals surface area contributed by atoms with Crippen LogP contribution in [0.1, 0.15) is 12.0 Å². The number of pyridine rings is 1. The van der Waals surface area contributed by atoms with Crippen molar-refractivity contribution in [2.45, 2.75) is 19.4 Å². The largest absolute Gasteiger partial charge is 0.481 e. The van der Waals surface area contributed by atoms with Gasteiger partial charge in [0.15, 0.2) is 11.2 Å². The Morgan fingerprint density at radius 3 is 2.79 bits per heavy atom. The van der Waals surface area contributed by atoms with E-state index in [1.54, 1.807) is 13.3 Å². The van der Waals surface area contributed by atoms with E-state index in [1.807, 2.05) is 24.6 Å². The van der Waals surface area contributed by atoms with E-state index in [4.69, 9.17) is 14.6 Å². The predicted octanol–water partition coefficient (Wildman–Crippen LogP) is 1.87. The Balaban J connectivity index is 1.68. The van der Waals surface area contributed by atoms with Crippen LogP contribution in [0, 0.1) is 6.92 Å². The van der Waals surface area contributed by atoms with Crippen LogP contribution < -0.4 is 9.47 Å². The summed E-state index contributed by atoms with van der Waals surface area (Å²) in [6.07, 6.45) is 2.53. The Morgan fingerprint density at radius 1 is 1.29 bits per heavy atom. The van der Waals surface area contributed by atoms with Gasteiger partial charge >= 0.3 is 6.09 Å². The summed E-state index contributed by atoms with van der Waals surface area (Å²) in [5.74, 6) is 1.59. The molecule has 0 bridgehead atoms. The molecule has 0 radical (unpaired) electrons. The molecule has 0 saturated carbocycles. The van der Waals surface area contributed by atoms with E-state index < -0.39 is 6.09 Å². The number of amides is 1. The molecule has 4 rings (SSSR count). The Bertz CT molecular complexity index is 1050. The van der Waals surface area contributed by atoms with E-state index in [-0.39, 0.29) is 6.10 Å². The number of aryl methyl sites for hydroxylation is 2. The van der Waals surface area contributed by atoms with E-state index in [1.165, 1.54) is 11.2 Å². The Labute approximate surface area is 160 Å². The Morgan fingerprint density at radius 2 is 2.11 bits per heavy atom. The first kappa shape index (κ1) is 18.0. The van der Waals surface area contributed by atoms with Gasteiger partial charge in [-0.3, -0.25) is 0 Å². The van der Waals surface area contributed by atoms with Crippen LogP contribution in [0.3, 0.4) is 0 Å². The molecular formula is C18H20N6O4. The summed E-state index contributed by atoms with van der Waals surface area (Å²) in [7, 11) is 3.44. The zero-order chi connectivity index (χ0) is 19.8. The monoisotopic (exact) mass is 384 g/mol. The van der Waals surface area contributed by atoms with Gasteiger partial charge in [0.05, 0.1) is 13.7 Å². The summed E-state index contributed by atoms with van der Waals surface area (Å²) < 4.78 is 13.0. The van der Waals surface area contributed by atoms with Gasteiger partial charge in [0, 0.05) is 37.3 Å². The molecule has 1 aliphatic heterocycles. The van der Waals surface area contributed by atoms with Gasteiger partial charge in [-0.25, -0.2) is 19.7 Å². The van der Waals surface area contributed by atoms with Crippen LogP contribution in [0.2, 0.25) is 0 Å². The highest BCUT2D eigenvalue weighted by Crippen LogP contribution is 2.29. The van der Waals surface area contributed by atoms with Gasteiger partial charge in [-0.1, -0.05) is 0 Å². The molecule has 4 heterocycles. The second-order valence-corrected chi connectivity index (χ2v) is 6.65. The van der Waals surface area contributed by atoms with Crippen molar-refractivity contribution in [3.8, 4) is 23.1 Å². The molecule has 146 valence electrons. The molecule has 28 heavy (non-hydrogen) atoms. The standard InChI is InChI=1S/C18H20N6O4/c1-10-6-11(7-19-16(10)27-3)14-22-13-15(23(14)2)20-9-21-17(13)28-12-4-5-24(8-12)18(25)26/h6-7,9,12H,4-5,8H2,1-3H3,(H,25,26). The molecule has 1 fully saturated rings. The summed E-state index contributed by atoms with van der Waals surface area (Å²) in [4.78, 5) is 30.0. The molecule has 10 nitrogen and oxygen atoms in total. The molecule has 1 amide bonds. The van der Waals surface area contributed by atoms with Gasteiger partial charge in [-0.05, 0) is 13.0 Å². The maximum Gasteiger partial charge on any atom is 0.407 e. The summed E-state index contributed by atoms with van der Waals surface area (Å²) in [5.41, 5.74) is 2.88. The van der Waals surface area contributed by atoms with E-state index in [2.05, 4.69) is 19.9 Å². The third kappa shape index (κ3) is 3.06. The lowest BCUT2D eigenvalue weighted by Gasteiger charge is -2.13. The molecular weight excluding hydrogens is 364 g/mol. The second kappa shape index (κ2) is 6.95. The van der Waals surface area contributed by atoms with Gasteiger partial charge < -0.3 is 24.0 Å².